The van der Waals surface area contributed by atoms with Crippen LogP contribution in [0.3, 0.4) is 0 Å². The summed E-state index contributed by atoms with van der Waals surface area (Å²) in [4.78, 5) is 12.2. The summed E-state index contributed by atoms with van der Waals surface area (Å²) < 4.78 is 0. The van der Waals surface area contributed by atoms with Crippen LogP contribution < -0.4 is 0 Å². The maximum atomic E-state index is 10.8. The molecule has 0 aromatic heterocycles. The summed E-state index contributed by atoms with van der Waals surface area (Å²) in [5, 5.41) is 17.7. The lowest BCUT2D eigenvalue weighted by atomic mass is 9.79. The summed E-state index contributed by atoms with van der Waals surface area (Å²) >= 11 is 0. The van der Waals surface area contributed by atoms with E-state index in [1.165, 1.54) is 4.90 Å². The molecule has 1 rings (SSSR count). The minimum Gasteiger partial charge on any atom is -0.465 e. The number of aliphatic hydroxyl groups is 1. The van der Waals surface area contributed by atoms with E-state index in [9.17, 15) is 4.79 Å². The van der Waals surface area contributed by atoms with Crippen molar-refractivity contribution in [3.05, 3.63) is 11.6 Å². The molecule has 14 heavy (non-hydrogen) atoms. The van der Waals surface area contributed by atoms with Gasteiger partial charge in [-0.3, -0.25) is 0 Å². The number of nitrogens with zero attached hydrogens (tertiary/aromatic N) is 1. The van der Waals surface area contributed by atoms with Crippen LogP contribution in [0.15, 0.2) is 11.6 Å². The van der Waals surface area contributed by atoms with E-state index in [-0.39, 0.29) is 12.0 Å². The Morgan fingerprint density at radius 3 is 2.71 bits per heavy atom. The van der Waals surface area contributed by atoms with Crippen LogP contribution in [0, 0.1) is 5.41 Å². The van der Waals surface area contributed by atoms with Crippen molar-refractivity contribution in [1.29, 1.82) is 0 Å². The average molecular weight is 199 g/mol. The van der Waals surface area contributed by atoms with Crippen molar-refractivity contribution in [2.45, 2.75) is 20.3 Å². The Morgan fingerprint density at radius 1 is 1.64 bits per heavy atom. The Labute approximate surface area is 83.8 Å². The van der Waals surface area contributed by atoms with Gasteiger partial charge in [-0.15, -0.1) is 0 Å². The lowest BCUT2D eigenvalue weighted by Crippen LogP contribution is -2.44. The number of carbonyl (C=O) groups is 1. The lowest BCUT2D eigenvalue weighted by molar-refractivity contribution is 0.116. The van der Waals surface area contributed by atoms with Gasteiger partial charge in [0.25, 0.3) is 0 Å². The molecule has 0 radical (unpaired) electrons. The minimum atomic E-state index is -0.860. The van der Waals surface area contributed by atoms with Crippen molar-refractivity contribution >= 4 is 6.09 Å². The predicted octanol–water partition coefficient (Wildman–Crippen LogP) is 1.31. The highest BCUT2D eigenvalue weighted by molar-refractivity contribution is 5.65. The second-order valence-corrected chi connectivity index (χ2v) is 4.25. The third kappa shape index (κ3) is 2.26. The summed E-state index contributed by atoms with van der Waals surface area (Å²) in [5.74, 6) is 0. The number of piperidine rings is 1. The molecule has 1 amide bonds. The molecule has 0 bridgehead atoms. The Morgan fingerprint density at radius 2 is 2.29 bits per heavy atom. The van der Waals surface area contributed by atoms with E-state index in [0.29, 0.717) is 13.1 Å². The zero-order valence-electron chi connectivity index (χ0n) is 8.66. The molecule has 2 N–H and O–H groups in total. The van der Waals surface area contributed by atoms with Crippen LogP contribution in [0.1, 0.15) is 20.3 Å². The topological polar surface area (TPSA) is 60.8 Å². The summed E-state index contributed by atoms with van der Waals surface area (Å²) in [7, 11) is 0. The zero-order chi connectivity index (χ0) is 10.8. The normalized spacial score (nSPS) is 23.9. The Hall–Kier alpha value is -1.03. The van der Waals surface area contributed by atoms with Gasteiger partial charge in [-0.1, -0.05) is 25.5 Å². The van der Waals surface area contributed by atoms with Crippen molar-refractivity contribution < 1.29 is 15.0 Å². The monoisotopic (exact) mass is 199 g/mol. The fraction of sp³-hybridized carbons (Fsp3) is 0.700. The van der Waals surface area contributed by atoms with Crippen LogP contribution in [0.4, 0.5) is 4.79 Å². The number of rotatable bonds is 1. The maximum absolute atomic E-state index is 10.8. The van der Waals surface area contributed by atoms with Gasteiger partial charge >= 0.3 is 6.09 Å². The van der Waals surface area contributed by atoms with E-state index in [1.54, 1.807) is 6.08 Å². The molecule has 0 atom stereocenters. The van der Waals surface area contributed by atoms with Crippen molar-refractivity contribution in [3.8, 4) is 0 Å². The maximum Gasteiger partial charge on any atom is 0.407 e. The predicted molar refractivity (Wildman–Crippen MR) is 53.2 cm³/mol. The smallest absolute Gasteiger partial charge is 0.407 e. The zero-order valence-corrected chi connectivity index (χ0v) is 8.66. The van der Waals surface area contributed by atoms with E-state index in [2.05, 4.69) is 0 Å². The number of hydrogen-bond acceptors (Lipinski definition) is 2. The largest absolute Gasteiger partial charge is 0.465 e. The highest BCUT2D eigenvalue weighted by atomic mass is 16.4. The van der Waals surface area contributed by atoms with Crippen LogP contribution in [-0.2, 0) is 0 Å². The van der Waals surface area contributed by atoms with Gasteiger partial charge in [0, 0.05) is 18.5 Å². The standard InChI is InChI=1S/C10H17NO3/c1-10(2)7-11(9(13)14)5-3-8(10)4-6-12/h4,12H,3,5-7H2,1-2H3,(H,13,14)/b8-4-. The SMILES string of the molecule is CC1(C)CN(C(=O)O)CC/C1=C/CO. The van der Waals surface area contributed by atoms with Gasteiger partial charge < -0.3 is 15.1 Å². The number of amides is 1. The van der Waals surface area contributed by atoms with Crippen LogP contribution >= 0.6 is 0 Å². The van der Waals surface area contributed by atoms with Gasteiger partial charge in [-0.25, -0.2) is 4.79 Å². The van der Waals surface area contributed by atoms with Crippen LogP contribution in [0.5, 0.6) is 0 Å². The first kappa shape index (κ1) is 11.0. The number of hydrogen-bond donors (Lipinski definition) is 2. The molecule has 1 fully saturated rings. The third-order valence-electron chi connectivity index (χ3n) is 2.71. The molecule has 4 heteroatoms. The molecule has 0 aliphatic carbocycles. The Kier molecular flexibility index (Phi) is 3.16. The summed E-state index contributed by atoms with van der Waals surface area (Å²) in [6, 6.07) is 0. The molecule has 0 unspecified atom stereocenters. The highest BCUT2D eigenvalue weighted by Gasteiger charge is 2.32. The second kappa shape index (κ2) is 4.00. The number of carboxylic acid groups (broad SMARTS) is 1. The van der Waals surface area contributed by atoms with E-state index in [4.69, 9.17) is 10.2 Å². The van der Waals surface area contributed by atoms with Gasteiger partial charge in [0.05, 0.1) is 6.61 Å². The summed E-state index contributed by atoms with van der Waals surface area (Å²) in [5.41, 5.74) is 0.997. The highest BCUT2D eigenvalue weighted by Crippen LogP contribution is 2.33. The summed E-state index contributed by atoms with van der Waals surface area (Å²) in [6.45, 7) is 5.08. The first-order chi connectivity index (χ1) is 6.47. The van der Waals surface area contributed by atoms with Crippen molar-refractivity contribution in [3.63, 3.8) is 0 Å². The fourth-order valence-corrected chi connectivity index (χ4v) is 1.90. The lowest BCUT2D eigenvalue weighted by Gasteiger charge is -2.39. The van der Waals surface area contributed by atoms with E-state index in [1.807, 2.05) is 13.8 Å². The molecule has 1 aliphatic rings. The molecule has 0 saturated carbocycles. The first-order valence-electron chi connectivity index (χ1n) is 4.75. The van der Waals surface area contributed by atoms with Gasteiger partial charge in [-0.2, -0.15) is 0 Å². The van der Waals surface area contributed by atoms with Crippen LogP contribution in [-0.4, -0.2) is 40.9 Å². The molecule has 0 aromatic rings. The summed E-state index contributed by atoms with van der Waals surface area (Å²) in [6.07, 6.45) is 1.65. The number of aliphatic hydroxyl groups excluding tert-OH is 1. The molecule has 1 aliphatic heterocycles. The van der Waals surface area contributed by atoms with Crippen LogP contribution in [0.2, 0.25) is 0 Å². The van der Waals surface area contributed by atoms with Gasteiger partial charge in [0.1, 0.15) is 0 Å². The van der Waals surface area contributed by atoms with Gasteiger partial charge in [0.2, 0.25) is 0 Å². The van der Waals surface area contributed by atoms with E-state index in [0.717, 1.165) is 12.0 Å². The minimum absolute atomic E-state index is 0.0336. The molecule has 4 nitrogen and oxygen atoms in total. The third-order valence-corrected chi connectivity index (χ3v) is 2.71. The molecule has 0 spiro atoms. The molecule has 0 aromatic carbocycles. The molecular weight excluding hydrogens is 182 g/mol. The second-order valence-electron chi connectivity index (χ2n) is 4.25. The van der Waals surface area contributed by atoms with Gasteiger partial charge in [-0.05, 0) is 6.42 Å². The fourth-order valence-electron chi connectivity index (χ4n) is 1.90. The number of likely N-dealkylation sites (tertiary alicyclic amines) is 1. The van der Waals surface area contributed by atoms with E-state index >= 15 is 0 Å². The van der Waals surface area contributed by atoms with Crippen LogP contribution in [0.25, 0.3) is 0 Å². The molecular formula is C10H17NO3. The van der Waals surface area contributed by atoms with Gasteiger partial charge in [0.15, 0.2) is 0 Å². The average Bonchev–Trinajstić information content (AvgIpc) is 2.08. The Bertz CT molecular complexity index is 258. The quantitative estimate of drug-likeness (QED) is 0.626. The molecule has 80 valence electrons. The van der Waals surface area contributed by atoms with E-state index < -0.39 is 6.09 Å². The Balaban J connectivity index is 2.75. The first-order valence-corrected chi connectivity index (χ1v) is 4.75. The molecule has 1 saturated heterocycles. The molecule has 1 heterocycles. The van der Waals surface area contributed by atoms with Crippen molar-refractivity contribution in [2.24, 2.45) is 5.41 Å². The van der Waals surface area contributed by atoms with Crippen molar-refractivity contribution in [1.82, 2.24) is 4.90 Å². The van der Waals surface area contributed by atoms with Crippen molar-refractivity contribution in [2.75, 3.05) is 19.7 Å².